The monoisotopic (exact) mass is 412 g/mol. The summed E-state index contributed by atoms with van der Waals surface area (Å²) in [4.78, 5) is 20.6. The van der Waals surface area contributed by atoms with Crippen molar-refractivity contribution in [2.24, 2.45) is 5.10 Å². The molecule has 2 rings (SSSR count). The van der Waals surface area contributed by atoms with Crippen LogP contribution < -0.4 is 5.43 Å². The number of non-ortho nitro benzene ring substituents is 1. The van der Waals surface area contributed by atoms with Crippen LogP contribution in [-0.2, 0) is 13.6 Å². The first-order valence-corrected chi connectivity index (χ1v) is 9.82. The maximum Gasteiger partial charge on any atom is 0.341 e. The van der Waals surface area contributed by atoms with E-state index in [1.54, 1.807) is 0 Å². The molecule has 0 bridgehead atoms. The Morgan fingerprint density at radius 3 is 2.43 bits per heavy atom. The smallest absolute Gasteiger partial charge is 0.311 e. The number of rotatable bonds is 8. The molecule has 0 fully saturated rings. The number of hydrogen-bond donors (Lipinski definition) is 1. The van der Waals surface area contributed by atoms with Crippen LogP contribution in [0.5, 0.6) is 0 Å². The Kier molecular flexibility index (Phi) is 6.65. The van der Waals surface area contributed by atoms with Gasteiger partial charge in [-0.3, -0.25) is 30.2 Å². The Hall–Kier alpha value is -2.62. The van der Waals surface area contributed by atoms with E-state index in [4.69, 9.17) is 9.05 Å². The molecular formula is C16H21N4O7P. The Balaban J connectivity index is 2.36. The van der Waals surface area contributed by atoms with Gasteiger partial charge in [0.2, 0.25) is 0 Å². The highest BCUT2D eigenvalue weighted by Gasteiger charge is 2.49. The SMILES string of the molecule is COP(=O)(OC)[C@]1(C=NNc2ccc([N+](=O)[O-])cc2[N+](=O)[O-])CC=C(C)CC1. The number of nitro groups is 2. The molecule has 0 spiro atoms. The van der Waals surface area contributed by atoms with Crippen LogP contribution in [0.25, 0.3) is 0 Å². The van der Waals surface area contributed by atoms with E-state index >= 15 is 0 Å². The summed E-state index contributed by atoms with van der Waals surface area (Å²) in [6.45, 7) is 1.96. The van der Waals surface area contributed by atoms with Gasteiger partial charge in [-0.2, -0.15) is 5.10 Å². The molecule has 0 radical (unpaired) electrons. The van der Waals surface area contributed by atoms with Crippen molar-refractivity contribution in [3.05, 3.63) is 50.1 Å². The van der Waals surface area contributed by atoms with Crippen LogP contribution in [0.4, 0.5) is 17.1 Å². The number of hydrazone groups is 1. The second-order valence-corrected chi connectivity index (χ2v) is 8.92. The molecule has 1 atom stereocenters. The maximum atomic E-state index is 13.1. The number of anilines is 1. The quantitative estimate of drug-likeness (QED) is 0.219. The zero-order chi connectivity index (χ0) is 20.9. The zero-order valence-corrected chi connectivity index (χ0v) is 16.5. The van der Waals surface area contributed by atoms with E-state index < -0.39 is 34.0 Å². The molecule has 1 aromatic carbocycles. The van der Waals surface area contributed by atoms with Gasteiger partial charge in [-0.25, -0.2) is 0 Å². The summed E-state index contributed by atoms with van der Waals surface area (Å²) in [6, 6.07) is 3.16. The van der Waals surface area contributed by atoms with E-state index in [1.807, 2.05) is 13.0 Å². The molecular weight excluding hydrogens is 391 g/mol. The van der Waals surface area contributed by atoms with Crippen LogP contribution in [0.2, 0.25) is 0 Å². The molecule has 1 aliphatic carbocycles. The fourth-order valence-corrected chi connectivity index (χ4v) is 4.72. The van der Waals surface area contributed by atoms with Gasteiger partial charge in [0.25, 0.3) is 5.69 Å². The molecule has 1 N–H and O–H groups in total. The number of nitro benzene ring substituents is 2. The van der Waals surface area contributed by atoms with E-state index in [2.05, 4.69) is 10.5 Å². The summed E-state index contributed by atoms with van der Waals surface area (Å²) in [5, 5.41) is 25.0. The average molecular weight is 412 g/mol. The number of benzene rings is 1. The highest BCUT2D eigenvalue weighted by Crippen LogP contribution is 2.63. The first kappa shape index (κ1) is 21.7. The average Bonchev–Trinajstić information content (AvgIpc) is 2.68. The van der Waals surface area contributed by atoms with Crippen molar-refractivity contribution in [3.8, 4) is 0 Å². The lowest BCUT2D eigenvalue weighted by Crippen LogP contribution is -2.34. The van der Waals surface area contributed by atoms with Gasteiger partial charge in [0, 0.05) is 26.5 Å². The molecule has 0 unspecified atom stereocenters. The van der Waals surface area contributed by atoms with Gasteiger partial charge in [-0.05, 0) is 32.3 Å². The van der Waals surface area contributed by atoms with Crippen molar-refractivity contribution in [2.45, 2.75) is 31.3 Å². The lowest BCUT2D eigenvalue weighted by Gasteiger charge is -2.36. The second-order valence-electron chi connectivity index (χ2n) is 6.31. The van der Waals surface area contributed by atoms with E-state index in [9.17, 15) is 24.8 Å². The van der Waals surface area contributed by atoms with Crippen molar-refractivity contribution in [2.75, 3.05) is 19.6 Å². The molecule has 0 amide bonds. The molecule has 0 aliphatic heterocycles. The molecule has 152 valence electrons. The highest BCUT2D eigenvalue weighted by atomic mass is 31.2. The summed E-state index contributed by atoms with van der Waals surface area (Å²) >= 11 is 0. The number of nitrogens with zero attached hydrogens (tertiary/aromatic N) is 3. The van der Waals surface area contributed by atoms with Crippen LogP contribution >= 0.6 is 7.60 Å². The lowest BCUT2D eigenvalue weighted by atomic mass is 9.90. The van der Waals surface area contributed by atoms with E-state index in [0.29, 0.717) is 19.3 Å². The molecule has 0 saturated heterocycles. The summed E-state index contributed by atoms with van der Waals surface area (Å²) in [5.74, 6) is 0. The van der Waals surface area contributed by atoms with Crippen LogP contribution in [0.15, 0.2) is 34.9 Å². The zero-order valence-electron chi connectivity index (χ0n) is 15.7. The molecule has 0 heterocycles. The van der Waals surface area contributed by atoms with E-state index in [1.165, 1.54) is 26.5 Å². The molecule has 0 aromatic heterocycles. The summed E-state index contributed by atoms with van der Waals surface area (Å²) in [5.41, 5.74) is 2.72. The lowest BCUT2D eigenvalue weighted by molar-refractivity contribution is -0.393. The second kappa shape index (κ2) is 8.59. The first-order chi connectivity index (χ1) is 13.2. The minimum Gasteiger partial charge on any atom is -0.311 e. The fourth-order valence-electron chi connectivity index (χ4n) is 2.94. The molecule has 0 saturated carbocycles. The minimum absolute atomic E-state index is 0.0331. The Bertz CT molecular complexity index is 878. The fraction of sp³-hybridized carbons (Fsp3) is 0.438. The largest absolute Gasteiger partial charge is 0.341 e. The van der Waals surface area contributed by atoms with Crippen LogP contribution in [0.1, 0.15) is 26.2 Å². The maximum absolute atomic E-state index is 13.1. The Labute approximate surface area is 161 Å². The third-order valence-electron chi connectivity index (χ3n) is 4.66. The number of nitrogens with one attached hydrogen (secondary N) is 1. The van der Waals surface area contributed by atoms with Gasteiger partial charge in [0.1, 0.15) is 10.8 Å². The Morgan fingerprint density at radius 1 is 1.25 bits per heavy atom. The van der Waals surface area contributed by atoms with Crippen molar-refractivity contribution >= 4 is 30.9 Å². The van der Waals surface area contributed by atoms with Crippen LogP contribution in [-0.4, -0.2) is 35.4 Å². The standard InChI is InChI=1S/C16H21N4O7P/c1-12-6-8-16(9-7-12,28(25,26-2)27-3)11-17-18-14-5-4-13(19(21)22)10-15(14)20(23)24/h4-6,10-11,18H,7-9H2,1-3H3/t16-/m1/s1. The normalized spacial score (nSPS) is 20.0. The van der Waals surface area contributed by atoms with Crippen molar-refractivity contribution in [1.29, 1.82) is 0 Å². The predicted molar refractivity (Wildman–Crippen MR) is 104 cm³/mol. The first-order valence-electron chi connectivity index (χ1n) is 8.28. The summed E-state index contributed by atoms with van der Waals surface area (Å²) in [7, 11) is -0.962. The Morgan fingerprint density at radius 2 is 1.93 bits per heavy atom. The van der Waals surface area contributed by atoms with Gasteiger partial charge in [-0.1, -0.05) is 11.6 Å². The van der Waals surface area contributed by atoms with Crippen molar-refractivity contribution < 1.29 is 23.5 Å². The van der Waals surface area contributed by atoms with Crippen LogP contribution in [0, 0.1) is 20.2 Å². The van der Waals surface area contributed by atoms with Gasteiger partial charge in [0.15, 0.2) is 0 Å². The predicted octanol–water partition coefficient (Wildman–Crippen LogP) is 4.26. The van der Waals surface area contributed by atoms with Crippen molar-refractivity contribution in [3.63, 3.8) is 0 Å². The molecule has 12 heteroatoms. The van der Waals surface area contributed by atoms with E-state index in [-0.39, 0.29) is 5.69 Å². The van der Waals surface area contributed by atoms with Gasteiger partial charge in [0.05, 0.1) is 15.9 Å². The molecule has 11 nitrogen and oxygen atoms in total. The summed E-state index contributed by atoms with van der Waals surface area (Å²) < 4.78 is 23.4. The van der Waals surface area contributed by atoms with Gasteiger partial charge >= 0.3 is 13.3 Å². The van der Waals surface area contributed by atoms with Gasteiger partial charge < -0.3 is 9.05 Å². The molecule has 1 aromatic rings. The van der Waals surface area contributed by atoms with Crippen LogP contribution in [0.3, 0.4) is 0 Å². The number of allylic oxidation sites excluding steroid dienone is 2. The molecule has 28 heavy (non-hydrogen) atoms. The third-order valence-corrected chi connectivity index (χ3v) is 7.23. The topological polar surface area (TPSA) is 146 Å². The number of hydrogen-bond acceptors (Lipinski definition) is 9. The molecule has 1 aliphatic rings. The van der Waals surface area contributed by atoms with E-state index in [0.717, 1.165) is 17.7 Å². The van der Waals surface area contributed by atoms with Gasteiger partial charge in [-0.15, -0.1) is 0 Å². The van der Waals surface area contributed by atoms with Crippen molar-refractivity contribution in [1.82, 2.24) is 0 Å². The summed E-state index contributed by atoms with van der Waals surface area (Å²) in [6.07, 6.45) is 4.80. The third kappa shape index (κ3) is 4.27. The minimum atomic E-state index is -3.54. The highest BCUT2D eigenvalue weighted by molar-refractivity contribution is 7.56.